The first-order chi connectivity index (χ1) is 7.91. The number of carboxylic acid groups (broad SMARTS) is 1. The average molecular weight is 244 g/mol. The first-order valence-corrected chi connectivity index (χ1v) is 5.87. The Morgan fingerprint density at radius 2 is 2.12 bits per heavy atom. The Kier molecular flexibility index (Phi) is 4.74. The van der Waals surface area contributed by atoms with Crippen LogP contribution in [0.4, 0.5) is 4.79 Å². The molecule has 0 aromatic heterocycles. The number of hydrogen-bond donors (Lipinski definition) is 3. The number of aliphatic carboxylic acids is 1. The largest absolute Gasteiger partial charge is 0.480 e. The van der Waals surface area contributed by atoms with Gasteiger partial charge in [0.2, 0.25) is 0 Å². The molecule has 0 saturated carbocycles. The van der Waals surface area contributed by atoms with E-state index in [2.05, 4.69) is 5.32 Å². The van der Waals surface area contributed by atoms with Crippen LogP contribution in [0.2, 0.25) is 0 Å². The normalized spacial score (nSPS) is 24.1. The standard InChI is InChI=1S/C11H20N2O4/c1-7(2)3-4-12-11(17)13-6-8(14)5-9(13)10(15)16/h7-9,14H,3-6H2,1-2H3,(H,12,17)(H,15,16). The molecule has 6 heteroatoms. The van der Waals surface area contributed by atoms with E-state index in [1.165, 1.54) is 4.90 Å². The summed E-state index contributed by atoms with van der Waals surface area (Å²) in [6.07, 6.45) is 0.208. The van der Waals surface area contributed by atoms with Gasteiger partial charge in [-0.05, 0) is 12.3 Å². The van der Waals surface area contributed by atoms with Gasteiger partial charge >= 0.3 is 12.0 Å². The third-order valence-electron chi connectivity index (χ3n) is 2.82. The predicted molar refractivity (Wildman–Crippen MR) is 61.6 cm³/mol. The Hall–Kier alpha value is -1.30. The van der Waals surface area contributed by atoms with E-state index < -0.39 is 24.1 Å². The van der Waals surface area contributed by atoms with E-state index in [1.807, 2.05) is 13.8 Å². The molecule has 0 aromatic carbocycles. The Bertz CT molecular complexity index is 293. The number of urea groups is 1. The number of likely N-dealkylation sites (tertiary alicyclic amines) is 1. The molecule has 0 bridgehead atoms. The minimum Gasteiger partial charge on any atom is -0.480 e. The van der Waals surface area contributed by atoms with Crippen LogP contribution in [0.25, 0.3) is 0 Å². The highest BCUT2D eigenvalue weighted by atomic mass is 16.4. The fraction of sp³-hybridized carbons (Fsp3) is 0.818. The summed E-state index contributed by atoms with van der Waals surface area (Å²) in [5, 5.41) is 21.0. The molecule has 98 valence electrons. The van der Waals surface area contributed by atoms with Crippen LogP contribution in [0.1, 0.15) is 26.7 Å². The topological polar surface area (TPSA) is 89.9 Å². The lowest BCUT2D eigenvalue weighted by molar-refractivity contribution is -0.141. The molecule has 3 N–H and O–H groups in total. The van der Waals surface area contributed by atoms with E-state index >= 15 is 0 Å². The summed E-state index contributed by atoms with van der Waals surface area (Å²) >= 11 is 0. The summed E-state index contributed by atoms with van der Waals surface area (Å²) in [7, 11) is 0. The number of carboxylic acids is 1. The second kappa shape index (κ2) is 5.86. The zero-order chi connectivity index (χ0) is 13.0. The van der Waals surface area contributed by atoms with Crippen molar-refractivity contribution in [1.29, 1.82) is 0 Å². The van der Waals surface area contributed by atoms with Crippen molar-refractivity contribution in [1.82, 2.24) is 10.2 Å². The van der Waals surface area contributed by atoms with E-state index in [0.29, 0.717) is 12.5 Å². The molecule has 1 aliphatic heterocycles. The van der Waals surface area contributed by atoms with Crippen LogP contribution in [0, 0.1) is 5.92 Å². The van der Waals surface area contributed by atoms with Crippen molar-refractivity contribution >= 4 is 12.0 Å². The van der Waals surface area contributed by atoms with Crippen LogP contribution in [0.5, 0.6) is 0 Å². The number of carbonyl (C=O) groups is 2. The molecule has 0 spiro atoms. The van der Waals surface area contributed by atoms with Crippen LogP contribution in [0.3, 0.4) is 0 Å². The zero-order valence-electron chi connectivity index (χ0n) is 10.2. The fourth-order valence-corrected chi connectivity index (χ4v) is 1.84. The van der Waals surface area contributed by atoms with Gasteiger partial charge in [0.25, 0.3) is 0 Å². The number of aliphatic hydroxyl groups excluding tert-OH is 1. The van der Waals surface area contributed by atoms with Crippen molar-refractivity contribution in [2.24, 2.45) is 5.92 Å². The Labute approximate surface area is 101 Å². The van der Waals surface area contributed by atoms with Crippen LogP contribution in [-0.4, -0.2) is 52.3 Å². The molecule has 6 nitrogen and oxygen atoms in total. The van der Waals surface area contributed by atoms with E-state index in [0.717, 1.165) is 6.42 Å². The van der Waals surface area contributed by atoms with Gasteiger partial charge in [0.15, 0.2) is 0 Å². The fourth-order valence-electron chi connectivity index (χ4n) is 1.84. The van der Waals surface area contributed by atoms with Crippen molar-refractivity contribution < 1.29 is 19.8 Å². The van der Waals surface area contributed by atoms with Gasteiger partial charge < -0.3 is 20.4 Å². The van der Waals surface area contributed by atoms with Crippen LogP contribution < -0.4 is 5.32 Å². The van der Waals surface area contributed by atoms with Crippen LogP contribution >= 0.6 is 0 Å². The van der Waals surface area contributed by atoms with Gasteiger partial charge in [-0.15, -0.1) is 0 Å². The second-order valence-corrected chi connectivity index (χ2v) is 4.81. The molecule has 2 atom stereocenters. The Morgan fingerprint density at radius 1 is 1.47 bits per heavy atom. The average Bonchev–Trinajstić information content (AvgIpc) is 2.59. The molecule has 0 aliphatic carbocycles. The molecule has 1 fully saturated rings. The molecule has 1 aliphatic rings. The summed E-state index contributed by atoms with van der Waals surface area (Å²) in [4.78, 5) is 23.8. The van der Waals surface area contributed by atoms with Crippen molar-refractivity contribution in [3.05, 3.63) is 0 Å². The van der Waals surface area contributed by atoms with Crippen molar-refractivity contribution in [3.8, 4) is 0 Å². The van der Waals surface area contributed by atoms with Crippen LogP contribution in [0.15, 0.2) is 0 Å². The number of carbonyl (C=O) groups excluding carboxylic acids is 1. The van der Waals surface area contributed by atoms with Gasteiger partial charge in [0.05, 0.1) is 6.10 Å². The number of aliphatic hydroxyl groups is 1. The van der Waals surface area contributed by atoms with E-state index in [1.54, 1.807) is 0 Å². The van der Waals surface area contributed by atoms with Gasteiger partial charge in [-0.2, -0.15) is 0 Å². The molecule has 1 saturated heterocycles. The molecular formula is C11H20N2O4. The lowest BCUT2D eigenvalue weighted by atomic mass is 10.1. The summed E-state index contributed by atoms with van der Waals surface area (Å²) < 4.78 is 0. The smallest absolute Gasteiger partial charge is 0.326 e. The number of β-amino-alcohol motifs (C(OH)–C–C–N with tert-alkyl or cyclic N) is 1. The van der Waals surface area contributed by atoms with E-state index in [4.69, 9.17) is 5.11 Å². The minimum absolute atomic E-state index is 0.0878. The maximum Gasteiger partial charge on any atom is 0.326 e. The summed E-state index contributed by atoms with van der Waals surface area (Å²) in [6.45, 7) is 4.71. The predicted octanol–water partition coefficient (Wildman–Crippen LogP) is 0.262. The number of rotatable bonds is 4. The third kappa shape index (κ3) is 3.89. The number of hydrogen-bond acceptors (Lipinski definition) is 3. The molecule has 1 rings (SSSR count). The third-order valence-corrected chi connectivity index (χ3v) is 2.82. The Balaban J connectivity index is 2.47. The molecule has 2 unspecified atom stereocenters. The van der Waals surface area contributed by atoms with Crippen molar-refractivity contribution in [2.45, 2.75) is 38.8 Å². The molecular weight excluding hydrogens is 224 g/mol. The first kappa shape index (κ1) is 13.8. The zero-order valence-corrected chi connectivity index (χ0v) is 10.2. The van der Waals surface area contributed by atoms with Crippen LogP contribution in [-0.2, 0) is 4.79 Å². The van der Waals surface area contributed by atoms with Crippen molar-refractivity contribution in [3.63, 3.8) is 0 Å². The van der Waals surface area contributed by atoms with Gasteiger partial charge in [0.1, 0.15) is 6.04 Å². The van der Waals surface area contributed by atoms with Gasteiger partial charge in [-0.3, -0.25) is 0 Å². The second-order valence-electron chi connectivity index (χ2n) is 4.81. The number of amides is 2. The van der Waals surface area contributed by atoms with Gasteiger partial charge in [0, 0.05) is 19.5 Å². The first-order valence-electron chi connectivity index (χ1n) is 5.87. The van der Waals surface area contributed by atoms with E-state index in [9.17, 15) is 14.7 Å². The molecule has 17 heavy (non-hydrogen) atoms. The van der Waals surface area contributed by atoms with Gasteiger partial charge in [-0.1, -0.05) is 13.8 Å². The maximum atomic E-state index is 11.7. The summed E-state index contributed by atoms with van der Waals surface area (Å²) in [5.41, 5.74) is 0. The number of nitrogens with zero attached hydrogens (tertiary/aromatic N) is 1. The lowest BCUT2D eigenvalue weighted by Crippen LogP contribution is -2.46. The molecule has 2 amide bonds. The SMILES string of the molecule is CC(C)CCNC(=O)N1CC(O)CC1C(=O)O. The van der Waals surface area contributed by atoms with Gasteiger partial charge in [-0.25, -0.2) is 9.59 Å². The highest BCUT2D eigenvalue weighted by Crippen LogP contribution is 2.18. The molecule has 0 radical (unpaired) electrons. The summed E-state index contributed by atoms with van der Waals surface area (Å²) in [6, 6.07) is -1.32. The van der Waals surface area contributed by atoms with Crippen molar-refractivity contribution in [2.75, 3.05) is 13.1 Å². The highest BCUT2D eigenvalue weighted by Gasteiger charge is 2.38. The number of nitrogens with one attached hydrogen (secondary N) is 1. The summed E-state index contributed by atoms with van der Waals surface area (Å²) in [5.74, 6) is -0.588. The quantitative estimate of drug-likeness (QED) is 0.661. The maximum absolute atomic E-state index is 11.7. The lowest BCUT2D eigenvalue weighted by Gasteiger charge is -2.21. The monoisotopic (exact) mass is 244 g/mol. The minimum atomic E-state index is -1.07. The molecule has 1 heterocycles. The van der Waals surface area contributed by atoms with E-state index in [-0.39, 0.29) is 13.0 Å². The highest BCUT2D eigenvalue weighted by molar-refractivity contribution is 5.83. The molecule has 0 aromatic rings. The Morgan fingerprint density at radius 3 is 2.65 bits per heavy atom.